The van der Waals surface area contributed by atoms with Gasteiger partial charge in [0.1, 0.15) is 5.75 Å². The Morgan fingerprint density at radius 2 is 1.97 bits per heavy atom. The van der Waals surface area contributed by atoms with E-state index >= 15 is 0 Å². The summed E-state index contributed by atoms with van der Waals surface area (Å²) in [6, 6.07) is 12.3. The molecule has 0 bridgehead atoms. The summed E-state index contributed by atoms with van der Waals surface area (Å²) in [6.45, 7) is 4.47. The van der Waals surface area contributed by atoms with E-state index < -0.39 is 11.9 Å². The lowest BCUT2D eigenvalue weighted by atomic mass is 10.1. The zero-order valence-corrected chi connectivity index (χ0v) is 16.7. The molecule has 2 amide bonds. The van der Waals surface area contributed by atoms with Crippen molar-refractivity contribution in [3.63, 3.8) is 0 Å². The molecular weight excluding hydrogens is 372 g/mol. The fourth-order valence-corrected chi connectivity index (χ4v) is 3.31. The number of benzene rings is 2. The van der Waals surface area contributed by atoms with Crippen molar-refractivity contribution in [1.29, 1.82) is 0 Å². The second kappa shape index (κ2) is 8.77. The van der Waals surface area contributed by atoms with E-state index in [1.54, 1.807) is 29.2 Å². The van der Waals surface area contributed by atoms with Crippen molar-refractivity contribution in [2.24, 2.45) is 5.92 Å². The van der Waals surface area contributed by atoms with E-state index in [0.717, 1.165) is 5.56 Å². The first kappa shape index (κ1) is 20.4. The number of esters is 1. The number of ether oxygens (including phenoxy) is 2. The maximum atomic E-state index is 12.8. The number of para-hydroxylation sites is 2. The van der Waals surface area contributed by atoms with Crippen molar-refractivity contribution in [1.82, 2.24) is 0 Å². The van der Waals surface area contributed by atoms with Gasteiger partial charge in [-0.05, 0) is 43.7 Å². The van der Waals surface area contributed by atoms with Gasteiger partial charge in [-0.25, -0.2) is 4.79 Å². The number of carbonyl (C=O) groups is 3. The van der Waals surface area contributed by atoms with Gasteiger partial charge in [-0.1, -0.05) is 18.2 Å². The van der Waals surface area contributed by atoms with E-state index in [9.17, 15) is 14.4 Å². The fraction of sp³-hybridized carbons (Fsp3) is 0.318. The Labute approximate surface area is 169 Å². The highest BCUT2D eigenvalue weighted by molar-refractivity contribution is 6.04. The van der Waals surface area contributed by atoms with Crippen LogP contribution >= 0.6 is 0 Å². The number of methoxy groups -OCH3 is 1. The smallest absolute Gasteiger partial charge is 0.337 e. The van der Waals surface area contributed by atoms with Gasteiger partial charge < -0.3 is 19.7 Å². The van der Waals surface area contributed by atoms with Gasteiger partial charge in [0, 0.05) is 18.7 Å². The van der Waals surface area contributed by atoms with Crippen LogP contribution in [0.5, 0.6) is 5.75 Å². The SMILES string of the molecule is CCOc1ccccc1N1C[C@@H](C(=O)Nc2cc(C(=O)OC)ccc2C)CC1=O. The summed E-state index contributed by atoms with van der Waals surface area (Å²) in [5, 5.41) is 2.85. The molecule has 0 unspecified atom stereocenters. The van der Waals surface area contributed by atoms with Crippen LogP contribution in [-0.4, -0.2) is 38.0 Å². The number of amides is 2. The van der Waals surface area contributed by atoms with Crippen molar-refractivity contribution in [2.45, 2.75) is 20.3 Å². The number of carbonyl (C=O) groups excluding carboxylic acids is 3. The summed E-state index contributed by atoms with van der Waals surface area (Å²) in [7, 11) is 1.30. The number of aryl methyl sites for hydroxylation is 1. The zero-order chi connectivity index (χ0) is 21.0. The highest BCUT2D eigenvalue weighted by Gasteiger charge is 2.36. The van der Waals surface area contributed by atoms with Gasteiger partial charge >= 0.3 is 5.97 Å². The topological polar surface area (TPSA) is 84.9 Å². The highest BCUT2D eigenvalue weighted by atomic mass is 16.5. The largest absolute Gasteiger partial charge is 0.492 e. The molecule has 0 spiro atoms. The second-order valence-corrected chi connectivity index (χ2v) is 6.82. The van der Waals surface area contributed by atoms with Crippen LogP contribution in [0.4, 0.5) is 11.4 Å². The first-order chi connectivity index (χ1) is 13.9. The molecule has 7 nitrogen and oxygen atoms in total. The minimum atomic E-state index is -0.502. The standard InChI is InChI=1S/C22H24N2O5/c1-4-29-19-8-6-5-7-18(19)24-13-16(12-20(24)25)21(26)23-17-11-15(22(27)28-3)10-9-14(17)2/h5-11,16H,4,12-13H2,1-3H3,(H,23,26)/t16-/m0/s1. The molecule has 3 rings (SSSR count). The van der Waals surface area contributed by atoms with Crippen LogP contribution in [0.25, 0.3) is 0 Å². The van der Waals surface area contributed by atoms with Crippen LogP contribution in [0, 0.1) is 12.8 Å². The number of nitrogens with zero attached hydrogens (tertiary/aromatic N) is 1. The second-order valence-electron chi connectivity index (χ2n) is 6.82. The van der Waals surface area contributed by atoms with Crippen molar-refractivity contribution in [3.05, 3.63) is 53.6 Å². The number of hydrogen-bond donors (Lipinski definition) is 1. The molecule has 0 aliphatic carbocycles. The van der Waals surface area contributed by atoms with E-state index in [-0.39, 0.29) is 24.8 Å². The Bertz CT molecular complexity index is 941. The Hall–Kier alpha value is -3.35. The van der Waals surface area contributed by atoms with Crippen LogP contribution in [0.15, 0.2) is 42.5 Å². The summed E-state index contributed by atoms with van der Waals surface area (Å²) in [5.41, 5.74) is 2.36. The van der Waals surface area contributed by atoms with Crippen LogP contribution in [-0.2, 0) is 14.3 Å². The molecule has 152 valence electrons. The number of nitrogens with one attached hydrogen (secondary N) is 1. The molecule has 1 fully saturated rings. The first-order valence-electron chi connectivity index (χ1n) is 9.46. The Morgan fingerprint density at radius 3 is 2.69 bits per heavy atom. The third-order valence-corrected chi connectivity index (χ3v) is 4.87. The van der Waals surface area contributed by atoms with Crippen LogP contribution < -0.4 is 15.0 Å². The van der Waals surface area contributed by atoms with Crippen molar-refractivity contribution in [2.75, 3.05) is 30.5 Å². The van der Waals surface area contributed by atoms with E-state index in [1.165, 1.54) is 7.11 Å². The molecule has 2 aromatic carbocycles. The molecule has 1 atom stereocenters. The van der Waals surface area contributed by atoms with Gasteiger partial charge in [-0.3, -0.25) is 9.59 Å². The lowest BCUT2D eigenvalue weighted by Crippen LogP contribution is -2.28. The monoisotopic (exact) mass is 396 g/mol. The van der Waals surface area contributed by atoms with Crippen molar-refractivity contribution >= 4 is 29.2 Å². The molecular formula is C22H24N2O5. The molecule has 1 N–H and O–H groups in total. The van der Waals surface area contributed by atoms with Gasteiger partial charge in [0.15, 0.2) is 0 Å². The molecule has 2 aromatic rings. The third kappa shape index (κ3) is 4.39. The van der Waals surface area contributed by atoms with E-state index in [4.69, 9.17) is 9.47 Å². The summed E-state index contributed by atoms with van der Waals surface area (Å²) in [5.74, 6) is -0.753. The van der Waals surface area contributed by atoms with Crippen LogP contribution in [0.1, 0.15) is 29.3 Å². The molecule has 1 saturated heterocycles. The molecule has 1 heterocycles. The fourth-order valence-electron chi connectivity index (χ4n) is 3.31. The molecule has 0 radical (unpaired) electrons. The maximum absolute atomic E-state index is 12.8. The Kier molecular flexibility index (Phi) is 6.16. The lowest BCUT2D eigenvalue weighted by molar-refractivity contribution is -0.122. The lowest BCUT2D eigenvalue weighted by Gasteiger charge is -2.20. The molecule has 0 aromatic heterocycles. The first-order valence-corrected chi connectivity index (χ1v) is 9.46. The minimum absolute atomic E-state index is 0.113. The normalized spacial score (nSPS) is 15.9. The van der Waals surface area contributed by atoms with Crippen molar-refractivity contribution < 1.29 is 23.9 Å². The van der Waals surface area contributed by atoms with Crippen LogP contribution in [0.3, 0.4) is 0 Å². The van der Waals surface area contributed by atoms with Gasteiger partial charge in [0.2, 0.25) is 11.8 Å². The summed E-state index contributed by atoms with van der Waals surface area (Å²) in [4.78, 5) is 38.7. The maximum Gasteiger partial charge on any atom is 0.337 e. The van der Waals surface area contributed by atoms with Crippen LogP contribution in [0.2, 0.25) is 0 Å². The quantitative estimate of drug-likeness (QED) is 0.758. The summed E-state index contributed by atoms with van der Waals surface area (Å²) in [6.07, 6.45) is 0.113. The van der Waals surface area contributed by atoms with Gasteiger partial charge in [-0.2, -0.15) is 0 Å². The number of hydrogen-bond acceptors (Lipinski definition) is 5. The van der Waals surface area contributed by atoms with E-state index in [0.29, 0.717) is 29.3 Å². The Morgan fingerprint density at radius 1 is 1.21 bits per heavy atom. The molecule has 0 saturated carbocycles. The predicted octanol–water partition coefficient (Wildman–Crippen LogP) is 3.17. The van der Waals surface area contributed by atoms with Crippen molar-refractivity contribution in [3.8, 4) is 5.75 Å². The average Bonchev–Trinajstić information content (AvgIpc) is 3.11. The number of rotatable bonds is 6. The molecule has 29 heavy (non-hydrogen) atoms. The van der Waals surface area contributed by atoms with Gasteiger partial charge in [0.05, 0.1) is 30.9 Å². The predicted molar refractivity (Wildman–Crippen MR) is 109 cm³/mol. The summed E-state index contributed by atoms with van der Waals surface area (Å²) >= 11 is 0. The number of anilines is 2. The molecule has 1 aliphatic heterocycles. The molecule has 1 aliphatic rings. The van der Waals surface area contributed by atoms with E-state index in [2.05, 4.69) is 5.32 Å². The minimum Gasteiger partial charge on any atom is -0.492 e. The van der Waals surface area contributed by atoms with Gasteiger partial charge in [0.25, 0.3) is 0 Å². The summed E-state index contributed by atoms with van der Waals surface area (Å²) < 4.78 is 10.3. The molecule has 7 heteroatoms. The zero-order valence-electron chi connectivity index (χ0n) is 16.7. The Balaban J connectivity index is 1.76. The van der Waals surface area contributed by atoms with Gasteiger partial charge in [-0.15, -0.1) is 0 Å². The van der Waals surface area contributed by atoms with E-state index in [1.807, 2.05) is 32.0 Å². The third-order valence-electron chi connectivity index (χ3n) is 4.87. The highest BCUT2D eigenvalue weighted by Crippen LogP contribution is 2.33. The average molecular weight is 396 g/mol.